The number of halogens is 1. The number of carbonyl (C=O) groups is 1. The topological polar surface area (TPSA) is 120 Å². The number of fused-ring (bicyclic) bond motifs is 2. The average molecular weight is 603 g/mol. The van der Waals surface area contributed by atoms with E-state index in [1.54, 1.807) is 35.7 Å². The van der Waals surface area contributed by atoms with Crippen molar-refractivity contribution in [1.29, 1.82) is 0 Å². The largest absolute Gasteiger partial charge is 0.351 e. The number of pyridine rings is 1. The fraction of sp³-hybridized carbons (Fsp3) is 0.138. The second-order valence-electron chi connectivity index (χ2n) is 9.44. The predicted molar refractivity (Wildman–Crippen MR) is 161 cm³/mol. The molecule has 0 saturated carbocycles. The van der Waals surface area contributed by atoms with Crippen molar-refractivity contribution in [3.05, 3.63) is 100 Å². The Morgan fingerprint density at radius 2 is 1.80 bits per heavy atom. The van der Waals surface area contributed by atoms with Crippen molar-refractivity contribution < 1.29 is 13.2 Å². The summed E-state index contributed by atoms with van der Waals surface area (Å²) in [5.41, 5.74) is 4.19. The standard InChI is InChI=1S/C29H23ClN6O3S2/c1-18-32-27-14-20(10-11-28(27)40-18)36-16-19(34-35-36)17-41(38,39)13-12-31-29(37)23-15-26(22-7-2-4-8-24(22)30)33-25-9-5-3-6-21(23)25/h2-11,14-16H,12-13,17H2,1H3,(H,31,37). The Kier molecular flexibility index (Phi) is 7.24. The Bertz CT molecular complexity index is 2040. The molecule has 0 bridgehead atoms. The molecule has 0 radical (unpaired) electrons. The van der Waals surface area contributed by atoms with Crippen LogP contribution in [0.2, 0.25) is 5.02 Å². The molecule has 6 aromatic rings. The zero-order valence-electron chi connectivity index (χ0n) is 21.8. The number of carbonyl (C=O) groups excluding carboxylic acids is 1. The van der Waals surface area contributed by atoms with E-state index in [1.807, 2.05) is 61.5 Å². The minimum Gasteiger partial charge on any atom is -0.351 e. The van der Waals surface area contributed by atoms with E-state index in [1.165, 1.54) is 4.68 Å². The fourth-order valence-corrected chi connectivity index (χ4v) is 6.73. The van der Waals surface area contributed by atoms with Crippen LogP contribution in [0.4, 0.5) is 0 Å². The lowest BCUT2D eigenvalue weighted by atomic mass is 10.0. The number of thiazole rings is 1. The van der Waals surface area contributed by atoms with Crippen LogP contribution >= 0.6 is 22.9 Å². The van der Waals surface area contributed by atoms with Gasteiger partial charge in [-0.05, 0) is 43.3 Å². The van der Waals surface area contributed by atoms with Crippen LogP contribution in [0.5, 0.6) is 0 Å². The molecule has 0 unspecified atom stereocenters. The molecule has 1 N–H and O–H groups in total. The monoisotopic (exact) mass is 602 g/mol. The van der Waals surface area contributed by atoms with Gasteiger partial charge >= 0.3 is 0 Å². The van der Waals surface area contributed by atoms with E-state index in [0.29, 0.717) is 38.4 Å². The number of amides is 1. The highest BCUT2D eigenvalue weighted by molar-refractivity contribution is 7.90. The van der Waals surface area contributed by atoms with Crippen LogP contribution in [0.3, 0.4) is 0 Å². The summed E-state index contributed by atoms with van der Waals surface area (Å²) in [6.07, 6.45) is 1.59. The number of sulfone groups is 1. The summed E-state index contributed by atoms with van der Waals surface area (Å²) in [5, 5.41) is 13.0. The first-order valence-corrected chi connectivity index (χ1v) is 15.7. The predicted octanol–water partition coefficient (Wildman–Crippen LogP) is 5.40. The van der Waals surface area contributed by atoms with Crippen molar-refractivity contribution in [3.63, 3.8) is 0 Å². The van der Waals surface area contributed by atoms with E-state index in [0.717, 1.165) is 20.9 Å². The van der Waals surface area contributed by atoms with Crippen molar-refractivity contribution >= 4 is 59.8 Å². The van der Waals surface area contributed by atoms with Gasteiger partial charge < -0.3 is 5.32 Å². The van der Waals surface area contributed by atoms with Crippen LogP contribution in [0, 0.1) is 6.92 Å². The molecule has 0 atom stereocenters. The van der Waals surface area contributed by atoms with Gasteiger partial charge in [0.15, 0.2) is 9.84 Å². The highest BCUT2D eigenvalue weighted by Crippen LogP contribution is 2.30. The van der Waals surface area contributed by atoms with Gasteiger partial charge in [-0.25, -0.2) is 23.1 Å². The fourth-order valence-electron chi connectivity index (χ4n) is 4.55. The zero-order valence-corrected chi connectivity index (χ0v) is 24.2. The normalized spacial score (nSPS) is 11.8. The summed E-state index contributed by atoms with van der Waals surface area (Å²) in [7, 11) is -3.58. The number of nitrogens with one attached hydrogen (secondary N) is 1. The molecular weight excluding hydrogens is 580 g/mol. The van der Waals surface area contributed by atoms with Gasteiger partial charge in [-0.15, -0.1) is 16.4 Å². The van der Waals surface area contributed by atoms with Crippen molar-refractivity contribution in [2.75, 3.05) is 12.3 Å². The van der Waals surface area contributed by atoms with Crippen molar-refractivity contribution in [1.82, 2.24) is 30.3 Å². The zero-order chi connectivity index (χ0) is 28.6. The van der Waals surface area contributed by atoms with E-state index in [-0.39, 0.29) is 18.1 Å². The van der Waals surface area contributed by atoms with Crippen molar-refractivity contribution in [2.45, 2.75) is 12.7 Å². The van der Waals surface area contributed by atoms with Gasteiger partial charge in [-0.3, -0.25) is 4.79 Å². The molecule has 0 spiro atoms. The molecule has 3 aromatic heterocycles. The minimum atomic E-state index is -3.58. The van der Waals surface area contributed by atoms with E-state index in [2.05, 4.69) is 25.6 Å². The molecule has 41 heavy (non-hydrogen) atoms. The van der Waals surface area contributed by atoms with Crippen LogP contribution in [0.25, 0.3) is 38.1 Å². The van der Waals surface area contributed by atoms with Gasteiger partial charge in [0.2, 0.25) is 0 Å². The maximum atomic E-state index is 13.2. The quantitative estimate of drug-likeness (QED) is 0.248. The third kappa shape index (κ3) is 5.83. The molecule has 6 rings (SSSR count). The molecular formula is C29H23ClN6O3S2. The third-order valence-electron chi connectivity index (χ3n) is 6.46. The number of hydrogen-bond acceptors (Lipinski definition) is 8. The number of rotatable bonds is 8. The Balaban J connectivity index is 1.14. The van der Waals surface area contributed by atoms with Crippen LogP contribution < -0.4 is 5.32 Å². The molecule has 0 fully saturated rings. The van der Waals surface area contributed by atoms with E-state index >= 15 is 0 Å². The molecule has 3 heterocycles. The summed E-state index contributed by atoms with van der Waals surface area (Å²) in [4.78, 5) is 22.4. The number of benzene rings is 3. The molecule has 9 nitrogen and oxygen atoms in total. The Labute approximate surface area is 244 Å². The summed E-state index contributed by atoms with van der Waals surface area (Å²) in [6.45, 7) is 1.88. The van der Waals surface area contributed by atoms with Crippen LogP contribution in [-0.4, -0.2) is 51.6 Å². The molecule has 0 aliphatic rings. The Morgan fingerprint density at radius 1 is 1.00 bits per heavy atom. The molecule has 0 aliphatic heterocycles. The van der Waals surface area contributed by atoms with Crippen molar-refractivity contribution in [3.8, 4) is 16.9 Å². The summed E-state index contributed by atoms with van der Waals surface area (Å²) >= 11 is 7.99. The smallest absolute Gasteiger partial charge is 0.252 e. The van der Waals surface area contributed by atoms with E-state index < -0.39 is 15.7 Å². The molecule has 12 heteroatoms. The second-order valence-corrected chi connectivity index (χ2v) is 13.3. The van der Waals surface area contributed by atoms with E-state index in [4.69, 9.17) is 11.6 Å². The summed E-state index contributed by atoms with van der Waals surface area (Å²) in [6, 6.07) is 22.0. The molecule has 0 aliphatic carbocycles. The maximum absolute atomic E-state index is 13.2. The SMILES string of the molecule is Cc1nc2cc(-n3cc(CS(=O)(=O)CCNC(=O)c4cc(-c5ccccc5Cl)nc5ccccc45)nn3)ccc2s1. The summed E-state index contributed by atoms with van der Waals surface area (Å²) in [5.74, 6) is -0.947. The van der Waals surface area contributed by atoms with Crippen molar-refractivity contribution in [2.24, 2.45) is 0 Å². The molecule has 3 aromatic carbocycles. The van der Waals surface area contributed by atoms with Crippen LogP contribution in [-0.2, 0) is 15.6 Å². The first-order chi connectivity index (χ1) is 19.8. The number of hydrogen-bond donors (Lipinski definition) is 1. The molecule has 1 amide bonds. The van der Waals surface area contributed by atoms with Gasteiger partial charge in [0.25, 0.3) is 5.91 Å². The third-order valence-corrected chi connectivity index (χ3v) is 9.30. The molecule has 0 saturated heterocycles. The van der Waals surface area contributed by atoms with E-state index in [9.17, 15) is 13.2 Å². The number of aromatic nitrogens is 5. The van der Waals surface area contributed by atoms with Gasteiger partial charge in [-0.1, -0.05) is 53.2 Å². The van der Waals surface area contributed by atoms with Gasteiger partial charge in [-0.2, -0.15) is 0 Å². The first kappa shape index (κ1) is 27.0. The van der Waals surface area contributed by atoms with Gasteiger partial charge in [0, 0.05) is 22.5 Å². The lowest BCUT2D eigenvalue weighted by Crippen LogP contribution is -2.29. The van der Waals surface area contributed by atoms with Gasteiger partial charge in [0.1, 0.15) is 0 Å². The van der Waals surface area contributed by atoms with Crippen LogP contribution in [0.15, 0.2) is 79.0 Å². The number of nitrogens with zero attached hydrogens (tertiary/aromatic N) is 5. The second kappa shape index (κ2) is 11.0. The highest BCUT2D eigenvalue weighted by Gasteiger charge is 2.18. The van der Waals surface area contributed by atoms with Gasteiger partial charge in [0.05, 0.1) is 61.1 Å². The average Bonchev–Trinajstić information content (AvgIpc) is 3.57. The molecule has 206 valence electrons. The summed E-state index contributed by atoms with van der Waals surface area (Å²) < 4.78 is 28.3. The highest BCUT2D eigenvalue weighted by atomic mass is 35.5. The first-order valence-electron chi connectivity index (χ1n) is 12.7. The number of aryl methyl sites for hydroxylation is 1. The minimum absolute atomic E-state index is 0.0623. The number of para-hydroxylation sites is 1. The Hall–Kier alpha value is -4.19. The lowest BCUT2D eigenvalue weighted by molar-refractivity contribution is 0.0957. The lowest BCUT2D eigenvalue weighted by Gasteiger charge is -2.11. The Morgan fingerprint density at radius 3 is 2.66 bits per heavy atom. The van der Waals surface area contributed by atoms with Crippen LogP contribution in [0.1, 0.15) is 21.1 Å². The maximum Gasteiger partial charge on any atom is 0.252 e.